The van der Waals surface area contributed by atoms with Gasteiger partial charge in [-0.25, -0.2) is 4.79 Å². The highest BCUT2D eigenvalue weighted by atomic mass is 16.6. The van der Waals surface area contributed by atoms with E-state index in [1.165, 1.54) is 6.92 Å². The summed E-state index contributed by atoms with van der Waals surface area (Å²) >= 11 is 0. The predicted octanol–water partition coefficient (Wildman–Crippen LogP) is 1.36. The molecule has 0 radical (unpaired) electrons. The van der Waals surface area contributed by atoms with E-state index in [4.69, 9.17) is 5.11 Å². The molecule has 0 saturated carbocycles. The lowest BCUT2D eigenvalue weighted by Crippen LogP contribution is -2.32. The number of hydrogen-bond acceptors (Lipinski definition) is 5. The van der Waals surface area contributed by atoms with Gasteiger partial charge in [-0.3, -0.25) is 19.6 Å². The van der Waals surface area contributed by atoms with E-state index >= 15 is 0 Å². The maximum Gasteiger partial charge on any atom is 0.363 e. The minimum atomic E-state index is -1.50. The zero-order chi connectivity index (χ0) is 16.0. The van der Waals surface area contributed by atoms with Crippen molar-refractivity contribution in [3.8, 4) is 0 Å². The molecule has 1 rings (SSSR count). The number of unbranched alkanes of at least 4 members (excludes halogenated alkanes) is 2. The number of nitrogens with one attached hydrogen (secondary N) is 1. The number of nitrogens with zero attached hydrogens (tertiary/aromatic N) is 3. The Balaban J connectivity index is 2.80. The fourth-order valence-electron chi connectivity index (χ4n) is 1.72. The standard InChI is InChI=1S/C12H18N4O5/c1-3-4-5-6-13-11(17)8(2)15-7-9(16(20)21)10(14-15)12(18)19/h7-8H,3-6H2,1-2H3,(H,13,17)(H,18,19). The molecule has 2 N–H and O–H groups in total. The minimum Gasteiger partial charge on any atom is -0.476 e. The largest absolute Gasteiger partial charge is 0.476 e. The maximum absolute atomic E-state index is 11.9. The Morgan fingerprint density at radius 2 is 2.19 bits per heavy atom. The molecule has 1 aromatic heterocycles. The molecule has 21 heavy (non-hydrogen) atoms. The van der Waals surface area contributed by atoms with Crippen molar-refractivity contribution in [2.45, 2.75) is 39.2 Å². The number of carbonyl (C=O) groups excluding carboxylic acids is 1. The highest BCUT2D eigenvalue weighted by Gasteiger charge is 2.28. The zero-order valence-electron chi connectivity index (χ0n) is 11.9. The van der Waals surface area contributed by atoms with Crippen molar-refractivity contribution >= 4 is 17.6 Å². The number of carboxylic acids is 1. The van der Waals surface area contributed by atoms with Gasteiger partial charge in [0.05, 0.1) is 4.92 Å². The fraction of sp³-hybridized carbons (Fsp3) is 0.583. The molecule has 0 aromatic carbocycles. The van der Waals surface area contributed by atoms with Crippen LogP contribution in [-0.2, 0) is 4.79 Å². The van der Waals surface area contributed by atoms with Crippen molar-refractivity contribution in [3.05, 3.63) is 22.0 Å². The average Bonchev–Trinajstić information content (AvgIpc) is 2.88. The second kappa shape index (κ2) is 7.36. The number of carboxylic acid groups (broad SMARTS) is 1. The van der Waals surface area contributed by atoms with Crippen LogP contribution in [-0.4, -0.2) is 38.2 Å². The number of aromatic nitrogens is 2. The van der Waals surface area contributed by atoms with Crippen LogP contribution in [0, 0.1) is 10.1 Å². The molecule has 1 aromatic rings. The molecule has 116 valence electrons. The second-order valence-electron chi connectivity index (χ2n) is 4.58. The summed E-state index contributed by atoms with van der Waals surface area (Å²) in [6.07, 6.45) is 3.82. The van der Waals surface area contributed by atoms with Gasteiger partial charge in [-0.2, -0.15) is 5.10 Å². The number of nitro groups is 1. The van der Waals surface area contributed by atoms with Crippen LogP contribution in [0.5, 0.6) is 0 Å². The Kier molecular flexibility index (Phi) is 5.82. The van der Waals surface area contributed by atoms with Crippen LogP contribution >= 0.6 is 0 Å². The normalized spacial score (nSPS) is 11.9. The van der Waals surface area contributed by atoms with Gasteiger partial charge in [0, 0.05) is 6.54 Å². The van der Waals surface area contributed by atoms with Crippen LogP contribution < -0.4 is 5.32 Å². The molecule has 1 amide bonds. The third kappa shape index (κ3) is 4.26. The molecule has 0 saturated heterocycles. The van der Waals surface area contributed by atoms with Gasteiger partial charge in [0.25, 0.3) is 0 Å². The van der Waals surface area contributed by atoms with E-state index in [1.807, 2.05) is 6.92 Å². The molecule has 1 unspecified atom stereocenters. The molecule has 0 aliphatic heterocycles. The van der Waals surface area contributed by atoms with E-state index in [1.54, 1.807) is 0 Å². The number of rotatable bonds is 8. The van der Waals surface area contributed by atoms with E-state index in [0.29, 0.717) is 6.54 Å². The molecule has 0 spiro atoms. The predicted molar refractivity (Wildman–Crippen MR) is 73.1 cm³/mol. The summed E-state index contributed by atoms with van der Waals surface area (Å²) in [5, 5.41) is 25.9. The van der Waals surface area contributed by atoms with Gasteiger partial charge in [0.15, 0.2) is 0 Å². The summed E-state index contributed by atoms with van der Waals surface area (Å²) in [6.45, 7) is 4.05. The third-order valence-electron chi connectivity index (χ3n) is 2.97. The molecule has 1 atom stereocenters. The van der Waals surface area contributed by atoms with Crippen LogP contribution in [0.4, 0.5) is 5.69 Å². The van der Waals surface area contributed by atoms with Gasteiger partial charge in [-0.1, -0.05) is 19.8 Å². The van der Waals surface area contributed by atoms with Crippen LogP contribution in [0.1, 0.15) is 49.6 Å². The van der Waals surface area contributed by atoms with Crippen molar-refractivity contribution in [2.24, 2.45) is 0 Å². The Hall–Kier alpha value is -2.45. The first kappa shape index (κ1) is 16.6. The molecular weight excluding hydrogens is 280 g/mol. The summed E-state index contributed by atoms with van der Waals surface area (Å²) < 4.78 is 0.997. The lowest BCUT2D eigenvalue weighted by atomic mass is 10.2. The van der Waals surface area contributed by atoms with Crippen molar-refractivity contribution in [1.29, 1.82) is 0 Å². The van der Waals surface area contributed by atoms with Crippen LogP contribution in [0.15, 0.2) is 6.20 Å². The lowest BCUT2D eigenvalue weighted by Gasteiger charge is -2.11. The highest BCUT2D eigenvalue weighted by molar-refractivity contribution is 5.90. The Labute approximate surface area is 121 Å². The van der Waals surface area contributed by atoms with Gasteiger partial charge in [-0.15, -0.1) is 0 Å². The van der Waals surface area contributed by atoms with Crippen molar-refractivity contribution in [2.75, 3.05) is 6.54 Å². The first-order valence-electron chi connectivity index (χ1n) is 6.63. The SMILES string of the molecule is CCCCCNC(=O)C(C)n1cc([N+](=O)[O-])c(C(=O)O)n1. The molecule has 0 aliphatic carbocycles. The quantitative estimate of drug-likeness (QED) is 0.423. The number of aromatic carboxylic acids is 1. The van der Waals surface area contributed by atoms with Gasteiger partial charge in [0.1, 0.15) is 12.2 Å². The minimum absolute atomic E-state index is 0.361. The van der Waals surface area contributed by atoms with Crippen molar-refractivity contribution in [1.82, 2.24) is 15.1 Å². The van der Waals surface area contributed by atoms with E-state index in [0.717, 1.165) is 30.1 Å². The van der Waals surface area contributed by atoms with Gasteiger partial charge in [-0.05, 0) is 13.3 Å². The van der Waals surface area contributed by atoms with Gasteiger partial charge < -0.3 is 10.4 Å². The average molecular weight is 298 g/mol. The Bertz CT molecular complexity index is 508. The van der Waals surface area contributed by atoms with Crippen molar-refractivity contribution < 1.29 is 19.6 Å². The summed E-state index contributed by atoms with van der Waals surface area (Å²) in [5.41, 5.74) is -1.31. The summed E-state index contributed by atoms with van der Waals surface area (Å²) in [6, 6.07) is -0.821. The second-order valence-corrected chi connectivity index (χ2v) is 4.58. The Morgan fingerprint density at radius 1 is 1.52 bits per heavy atom. The molecule has 0 fully saturated rings. The molecular formula is C12H18N4O5. The highest BCUT2D eigenvalue weighted by Crippen LogP contribution is 2.19. The zero-order valence-corrected chi connectivity index (χ0v) is 11.9. The third-order valence-corrected chi connectivity index (χ3v) is 2.97. The Morgan fingerprint density at radius 3 is 2.67 bits per heavy atom. The van der Waals surface area contributed by atoms with Crippen LogP contribution in [0.25, 0.3) is 0 Å². The van der Waals surface area contributed by atoms with E-state index in [9.17, 15) is 19.7 Å². The number of amides is 1. The molecule has 0 bridgehead atoms. The van der Waals surface area contributed by atoms with Crippen LogP contribution in [0.3, 0.4) is 0 Å². The molecule has 9 heteroatoms. The first-order valence-corrected chi connectivity index (χ1v) is 6.63. The monoisotopic (exact) mass is 298 g/mol. The smallest absolute Gasteiger partial charge is 0.363 e. The summed E-state index contributed by atoms with van der Waals surface area (Å²) in [7, 11) is 0. The molecule has 1 heterocycles. The van der Waals surface area contributed by atoms with E-state index in [-0.39, 0.29) is 5.91 Å². The topological polar surface area (TPSA) is 127 Å². The first-order chi connectivity index (χ1) is 9.88. The lowest BCUT2D eigenvalue weighted by molar-refractivity contribution is -0.385. The van der Waals surface area contributed by atoms with Gasteiger partial charge >= 0.3 is 11.7 Å². The van der Waals surface area contributed by atoms with E-state index in [2.05, 4.69) is 10.4 Å². The van der Waals surface area contributed by atoms with E-state index < -0.39 is 28.3 Å². The molecule has 9 nitrogen and oxygen atoms in total. The summed E-state index contributed by atoms with van der Waals surface area (Å²) in [5.74, 6) is -1.86. The maximum atomic E-state index is 11.9. The number of hydrogen-bond donors (Lipinski definition) is 2. The number of carbonyl (C=O) groups is 2. The van der Waals surface area contributed by atoms with Gasteiger partial charge in [0.2, 0.25) is 11.6 Å². The fourth-order valence-corrected chi connectivity index (χ4v) is 1.72. The summed E-state index contributed by atoms with van der Waals surface area (Å²) in [4.78, 5) is 32.7. The molecule has 0 aliphatic rings. The van der Waals surface area contributed by atoms with Crippen molar-refractivity contribution in [3.63, 3.8) is 0 Å². The van der Waals surface area contributed by atoms with Crippen LogP contribution in [0.2, 0.25) is 0 Å².